The number of nitrogens with zero attached hydrogens (tertiary/aromatic N) is 3. The van der Waals surface area contributed by atoms with Crippen LogP contribution in [0.3, 0.4) is 0 Å². The average molecular weight is 230 g/mol. The Morgan fingerprint density at radius 2 is 2.06 bits per heavy atom. The third-order valence-electron chi connectivity index (χ3n) is 3.09. The van der Waals surface area contributed by atoms with Crippen molar-refractivity contribution >= 4 is 0 Å². The number of aryl methyl sites for hydroxylation is 1. The molecule has 0 unspecified atom stereocenters. The number of nitrogens with one attached hydrogen (secondary N) is 1. The van der Waals surface area contributed by atoms with Crippen LogP contribution in [0.25, 0.3) is 5.82 Å². The lowest BCUT2D eigenvalue weighted by Crippen LogP contribution is -2.12. The molecule has 0 bridgehead atoms. The Kier molecular flexibility index (Phi) is 3.24. The van der Waals surface area contributed by atoms with Crippen LogP contribution in [0.5, 0.6) is 0 Å². The molecule has 2 rings (SSSR count). The Hall–Kier alpha value is -1.68. The summed E-state index contributed by atoms with van der Waals surface area (Å²) in [7, 11) is 1.93. The summed E-state index contributed by atoms with van der Waals surface area (Å²) in [6.07, 6.45) is 1.81. The molecule has 0 aliphatic heterocycles. The lowest BCUT2D eigenvalue weighted by molar-refractivity contribution is 0.755. The summed E-state index contributed by atoms with van der Waals surface area (Å²) in [4.78, 5) is 4.44. The standard InChI is InChI=1S/C13H18N4/c1-9-10(2)16-17(11(9)3)13-12(8-14-4)6-5-7-15-13/h5-7,14H,8H2,1-4H3. The average Bonchev–Trinajstić information content (AvgIpc) is 2.58. The van der Waals surface area contributed by atoms with Gasteiger partial charge in [-0.25, -0.2) is 9.67 Å². The van der Waals surface area contributed by atoms with E-state index in [0.29, 0.717) is 0 Å². The molecule has 1 N–H and O–H groups in total. The van der Waals surface area contributed by atoms with Crippen molar-refractivity contribution in [3.63, 3.8) is 0 Å². The van der Waals surface area contributed by atoms with Crippen molar-refractivity contribution in [1.82, 2.24) is 20.1 Å². The molecular weight excluding hydrogens is 212 g/mol. The molecule has 0 amide bonds. The smallest absolute Gasteiger partial charge is 0.158 e. The zero-order chi connectivity index (χ0) is 12.4. The first-order chi connectivity index (χ1) is 8.15. The quantitative estimate of drug-likeness (QED) is 0.876. The summed E-state index contributed by atoms with van der Waals surface area (Å²) in [6, 6.07) is 4.03. The summed E-state index contributed by atoms with van der Waals surface area (Å²) in [5, 5.41) is 7.70. The number of rotatable bonds is 3. The number of pyridine rings is 1. The van der Waals surface area contributed by atoms with Crippen LogP contribution in [0, 0.1) is 20.8 Å². The van der Waals surface area contributed by atoms with E-state index >= 15 is 0 Å². The highest BCUT2D eigenvalue weighted by Gasteiger charge is 2.12. The van der Waals surface area contributed by atoms with Gasteiger partial charge in [0.05, 0.1) is 5.69 Å². The maximum atomic E-state index is 4.55. The Bertz CT molecular complexity index is 528. The Balaban J connectivity index is 2.56. The van der Waals surface area contributed by atoms with Crippen LogP contribution in [0.4, 0.5) is 0 Å². The summed E-state index contributed by atoms with van der Waals surface area (Å²) >= 11 is 0. The van der Waals surface area contributed by atoms with Crippen molar-refractivity contribution in [2.45, 2.75) is 27.3 Å². The molecule has 0 saturated heterocycles. The van der Waals surface area contributed by atoms with Crippen LogP contribution in [0.15, 0.2) is 18.3 Å². The maximum Gasteiger partial charge on any atom is 0.158 e. The largest absolute Gasteiger partial charge is 0.316 e. The molecule has 2 aromatic rings. The van der Waals surface area contributed by atoms with E-state index in [2.05, 4.69) is 35.3 Å². The van der Waals surface area contributed by atoms with Crippen molar-refractivity contribution in [2.75, 3.05) is 7.05 Å². The molecule has 4 heteroatoms. The number of hydrogen-bond donors (Lipinski definition) is 1. The van der Waals surface area contributed by atoms with E-state index in [4.69, 9.17) is 0 Å². The van der Waals surface area contributed by atoms with Crippen LogP contribution < -0.4 is 5.32 Å². The lowest BCUT2D eigenvalue weighted by Gasteiger charge is -2.09. The Morgan fingerprint density at radius 1 is 1.29 bits per heavy atom. The molecule has 2 heterocycles. The molecule has 0 atom stereocenters. The molecule has 0 aromatic carbocycles. The lowest BCUT2D eigenvalue weighted by atomic mass is 10.2. The summed E-state index contributed by atoms with van der Waals surface area (Å²) in [5.41, 5.74) is 4.59. The zero-order valence-electron chi connectivity index (χ0n) is 10.8. The van der Waals surface area contributed by atoms with E-state index in [0.717, 1.165) is 29.3 Å². The second kappa shape index (κ2) is 4.67. The van der Waals surface area contributed by atoms with E-state index in [1.165, 1.54) is 5.56 Å². The zero-order valence-corrected chi connectivity index (χ0v) is 10.8. The first-order valence-corrected chi connectivity index (χ1v) is 5.77. The van der Waals surface area contributed by atoms with Crippen LogP contribution in [0.2, 0.25) is 0 Å². The van der Waals surface area contributed by atoms with Crippen molar-refractivity contribution < 1.29 is 0 Å². The molecule has 90 valence electrons. The van der Waals surface area contributed by atoms with Gasteiger partial charge in [-0.15, -0.1) is 0 Å². The number of aromatic nitrogens is 3. The van der Waals surface area contributed by atoms with Gasteiger partial charge in [0.2, 0.25) is 0 Å². The minimum Gasteiger partial charge on any atom is -0.316 e. The summed E-state index contributed by atoms with van der Waals surface area (Å²) in [6.45, 7) is 6.99. The predicted molar refractivity (Wildman–Crippen MR) is 68.3 cm³/mol. The highest BCUT2D eigenvalue weighted by Crippen LogP contribution is 2.17. The highest BCUT2D eigenvalue weighted by molar-refractivity contribution is 5.37. The fourth-order valence-electron chi connectivity index (χ4n) is 1.88. The maximum absolute atomic E-state index is 4.55. The summed E-state index contributed by atoms with van der Waals surface area (Å²) in [5.74, 6) is 0.913. The van der Waals surface area contributed by atoms with E-state index < -0.39 is 0 Å². The van der Waals surface area contributed by atoms with Gasteiger partial charge in [0.1, 0.15) is 0 Å². The van der Waals surface area contributed by atoms with Gasteiger partial charge in [-0.2, -0.15) is 5.10 Å². The van der Waals surface area contributed by atoms with Gasteiger partial charge < -0.3 is 5.32 Å². The SMILES string of the molecule is CNCc1cccnc1-n1nc(C)c(C)c1C. The fraction of sp³-hybridized carbons (Fsp3) is 0.385. The summed E-state index contributed by atoms with van der Waals surface area (Å²) < 4.78 is 1.93. The molecule has 0 aliphatic carbocycles. The van der Waals surface area contributed by atoms with Crippen LogP contribution >= 0.6 is 0 Å². The Labute approximate surface area is 102 Å². The van der Waals surface area contributed by atoms with E-state index in [-0.39, 0.29) is 0 Å². The van der Waals surface area contributed by atoms with Crippen molar-refractivity contribution in [1.29, 1.82) is 0 Å². The first-order valence-electron chi connectivity index (χ1n) is 5.77. The minimum absolute atomic E-state index is 0.792. The fourth-order valence-corrected chi connectivity index (χ4v) is 1.88. The third-order valence-corrected chi connectivity index (χ3v) is 3.09. The van der Waals surface area contributed by atoms with E-state index in [1.807, 2.05) is 24.7 Å². The molecule has 2 aromatic heterocycles. The molecule has 0 spiro atoms. The second-order valence-electron chi connectivity index (χ2n) is 4.22. The van der Waals surface area contributed by atoms with Gasteiger partial charge in [-0.3, -0.25) is 0 Å². The van der Waals surface area contributed by atoms with Crippen molar-refractivity contribution in [2.24, 2.45) is 0 Å². The van der Waals surface area contributed by atoms with Crippen molar-refractivity contribution in [3.05, 3.63) is 40.8 Å². The second-order valence-corrected chi connectivity index (χ2v) is 4.22. The molecule has 4 nitrogen and oxygen atoms in total. The van der Waals surface area contributed by atoms with E-state index in [9.17, 15) is 0 Å². The van der Waals surface area contributed by atoms with Gasteiger partial charge >= 0.3 is 0 Å². The van der Waals surface area contributed by atoms with Gasteiger partial charge in [-0.1, -0.05) is 6.07 Å². The van der Waals surface area contributed by atoms with Crippen LogP contribution in [-0.2, 0) is 6.54 Å². The van der Waals surface area contributed by atoms with Gasteiger partial charge in [0.25, 0.3) is 0 Å². The third kappa shape index (κ3) is 2.08. The monoisotopic (exact) mass is 230 g/mol. The van der Waals surface area contributed by atoms with Crippen molar-refractivity contribution in [3.8, 4) is 5.82 Å². The topological polar surface area (TPSA) is 42.7 Å². The molecule has 0 saturated carbocycles. The molecule has 17 heavy (non-hydrogen) atoms. The van der Waals surface area contributed by atoms with E-state index in [1.54, 1.807) is 6.20 Å². The molecule has 0 fully saturated rings. The Morgan fingerprint density at radius 3 is 2.65 bits per heavy atom. The molecule has 0 radical (unpaired) electrons. The first kappa shape index (κ1) is 11.8. The molecule has 0 aliphatic rings. The molecular formula is C13H18N4. The highest BCUT2D eigenvalue weighted by atomic mass is 15.3. The van der Waals surface area contributed by atoms with Crippen LogP contribution in [-0.4, -0.2) is 21.8 Å². The predicted octanol–water partition coefficient (Wildman–Crippen LogP) is 1.91. The van der Waals surface area contributed by atoms with Gasteiger partial charge in [-0.05, 0) is 39.4 Å². The normalized spacial score (nSPS) is 10.8. The van der Waals surface area contributed by atoms with Gasteiger partial charge in [0, 0.05) is 24.0 Å². The number of hydrogen-bond acceptors (Lipinski definition) is 3. The minimum atomic E-state index is 0.792. The van der Waals surface area contributed by atoms with Crippen LogP contribution in [0.1, 0.15) is 22.5 Å². The van der Waals surface area contributed by atoms with Gasteiger partial charge in [0.15, 0.2) is 5.82 Å².